The number of benzene rings is 1. The van der Waals surface area contributed by atoms with Gasteiger partial charge in [-0.25, -0.2) is 0 Å². The first-order valence-electron chi connectivity index (χ1n) is 6.23. The lowest BCUT2D eigenvalue weighted by atomic mass is 10.1. The number of rotatable bonds is 6. The summed E-state index contributed by atoms with van der Waals surface area (Å²) in [5, 5.41) is 3.48. The average Bonchev–Trinajstić information content (AvgIpc) is 2.37. The SMILES string of the molecule is CCOC(=O)CCC(=O)N[C@@H](C)c1ccc(Cl)cc1. The maximum Gasteiger partial charge on any atom is 0.306 e. The number of hydrogen-bond donors (Lipinski definition) is 1. The molecule has 0 fully saturated rings. The lowest BCUT2D eigenvalue weighted by molar-refractivity contribution is -0.144. The number of hydrogen-bond acceptors (Lipinski definition) is 3. The largest absolute Gasteiger partial charge is 0.466 e. The molecule has 1 N–H and O–H groups in total. The van der Waals surface area contributed by atoms with E-state index >= 15 is 0 Å². The van der Waals surface area contributed by atoms with Crippen LogP contribution >= 0.6 is 11.6 Å². The van der Waals surface area contributed by atoms with Crippen LogP contribution in [0, 0.1) is 0 Å². The smallest absolute Gasteiger partial charge is 0.306 e. The minimum Gasteiger partial charge on any atom is -0.466 e. The Morgan fingerprint density at radius 2 is 1.89 bits per heavy atom. The van der Waals surface area contributed by atoms with E-state index in [1.54, 1.807) is 19.1 Å². The van der Waals surface area contributed by atoms with Gasteiger partial charge in [-0.15, -0.1) is 0 Å². The van der Waals surface area contributed by atoms with E-state index in [2.05, 4.69) is 5.32 Å². The second kappa shape index (κ2) is 7.79. The summed E-state index contributed by atoms with van der Waals surface area (Å²) in [7, 11) is 0. The summed E-state index contributed by atoms with van der Waals surface area (Å²) in [4.78, 5) is 22.8. The summed E-state index contributed by atoms with van der Waals surface area (Å²) in [5.74, 6) is -0.521. The van der Waals surface area contributed by atoms with Crippen LogP contribution in [0.25, 0.3) is 0 Å². The Labute approximate surface area is 118 Å². The first-order chi connectivity index (χ1) is 9.02. The Balaban J connectivity index is 2.39. The van der Waals surface area contributed by atoms with Gasteiger partial charge in [0.15, 0.2) is 0 Å². The van der Waals surface area contributed by atoms with E-state index in [4.69, 9.17) is 16.3 Å². The van der Waals surface area contributed by atoms with Gasteiger partial charge in [-0.3, -0.25) is 9.59 Å². The first kappa shape index (κ1) is 15.5. The zero-order chi connectivity index (χ0) is 14.3. The zero-order valence-corrected chi connectivity index (χ0v) is 11.9. The van der Waals surface area contributed by atoms with Crippen molar-refractivity contribution in [3.8, 4) is 0 Å². The molecule has 0 bridgehead atoms. The molecule has 104 valence electrons. The first-order valence-corrected chi connectivity index (χ1v) is 6.61. The van der Waals surface area contributed by atoms with Crippen molar-refractivity contribution in [1.82, 2.24) is 5.32 Å². The number of ether oxygens (including phenoxy) is 1. The molecule has 0 saturated carbocycles. The fraction of sp³-hybridized carbons (Fsp3) is 0.429. The van der Waals surface area contributed by atoms with E-state index in [1.165, 1.54) is 0 Å². The highest BCUT2D eigenvalue weighted by molar-refractivity contribution is 6.30. The topological polar surface area (TPSA) is 55.4 Å². The fourth-order valence-corrected chi connectivity index (χ4v) is 1.72. The maximum atomic E-state index is 11.7. The predicted octanol–water partition coefficient (Wildman–Crippen LogP) is 2.86. The highest BCUT2D eigenvalue weighted by atomic mass is 35.5. The Bertz CT molecular complexity index is 431. The molecule has 0 unspecified atom stereocenters. The molecule has 5 heteroatoms. The van der Waals surface area contributed by atoms with E-state index in [0.717, 1.165) is 5.56 Å². The van der Waals surface area contributed by atoms with Crippen molar-refractivity contribution >= 4 is 23.5 Å². The molecule has 1 aromatic carbocycles. The monoisotopic (exact) mass is 283 g/mol. The Kier molecular flexibility index (Phi) is 6.36. The normalized spacial score (nSPS) is 11.7. The van der Waals surface area contributed by atoms with Crippen molar-refractivity contribution < 1.29 is 14.3 Å². The number of halogens is 1. The maximum absolute atomic E-state index is 11.7. The minimum absolute atomic E-state index is 0.104. The van der Waals surface area contributed by atoms with Gasteiger partial charge >= 0.3 is 5.97 Å². The van der Waals surface area contributed by atoms with E-state index in [9.17, 15) is 9.59 Å². The molecule has 1 aromatic rings. The molecule has 4 nitrogen and oxygen atoms in total. The Morgan fingerprint density at radius 1 is 1.26 bits per heavy atom. The van der Waals surface area contributed by atoms with Crippen LogP contribution in [-0.2, 0) is 14.3 Å². The van der Waals surface area contributed by atoms with Gasteiger partial charge in [-0.1, -0.05) is 23.7 Å². The van der Waals surface area contributed by atoms with Gasteiger partial charge in [0.05, 0.1) is 19.1 Å². The van der Waals surface area contributed by atoms with E-state index < -0.39 is 0 Å². The quantitative estimate of drug-likeness (QED) is 0.817. The van der Waals surface area contributed by atoms with Crippen molar-refractivity contribution in [3.05, 3.63) is 34.9 Å². The second-order valence-electron chi connectivity index (χ2n) is 4.15. The van der Waals surface area contributed by atoms with Crippen LogP contribution in [-0.4, -0.2) is 18.5 Å². The zero-order valence-electron chi connectivity index (χ0n) is 11.1. The van der Waals surface area contributed by atoms with Gasteiger partial charge in [-0.05, 0) is 31.5 Å². The number of carbonyl (C=O) groups is 2. The van der Waals surface area contributed by atoms with Crippen LogP contribution in [0.5, 0.6) is 0 Å². The molecule has 0 aromatic heterocycles. The van der Waals surface area contributed by atoms with Crippen LogP contribution < -0.4 is 5.32 Å². The molecule has 0 aliphatic heterocycles. The number of esters is 1. The molecule has 0 saturated heterocycles. The molecule has 0 spiro atoms. The van der Waals surface area contributed by atoms with Gasteiger partial charge in [0.25, 0.3) is 0 Å². The molecule has 19 heavy (non-hydrogen) atoms. The van der Waals surface area contributed by atoms with Gasteiger partial charge in [0.2, 0.25) is 5.91 Å². The standard InChI is InChI=1S/C14H18ClNO3/c1-3-19-14(18)9-8-13(17)16-10(2)11-4-6-12(15)7-5-11/h4-7,10H,3,8-9H2,1-2H3,(H,16,17)/t10-/m0/s1. The third kappa shape index (κ3) is 5.75. The van der Waals surface area contributed by atoms with Crippen molar-refractivity contribution in [1.29, 1.82) is 0 Å². The summed E-state index contributed by atoms with van der Waals surface area (Å²) in [6.45, 7) is 3.95. The molecule has 0 radical (unpaired) electrons. The van der Waals surface area contributed by atoms with Crippen LogP contribution in [0.2, 0.25) is 5.02 Å². The molecular formula is C14H18ClNO3. The lowest BCUT2D eigenvalue weighted by Crippen LogP contribution is -2.27. The second-order valence-corrected chi connectivity index (χ2v) is 4.58. The summed E-state index contributed by atoms with van der Waals surface area (Å²) >= 11 is 5.80. The third-order valence-electron chi connectivity index (χ3n) is 2.61. The van der Waals surface area contributed by atoms with Crippen LogP contribution in [0.4, 0.5) is 0 Å². The Hall–Kier alpha value is -1.55. The summed E-state index contributed by atoms with van der Waals surface area (Å²) in [6.07, 6.45) is 0.240. The van der Waals surface area contributed by atoms with Gasteiger partial charge in [-0.2, -0.15) is 0 Å². The molecular weight excluding hydrogens is 266 g/mol. The molecule has 0 aliphatic carbocycles. The van der Waals surface area contributed by atoms with E-state index in [1.807, 2.05) is 19.1 Å². The van der Waals surface area contributed by atoms with Crippen molar-refractivity contribution in [2.24, 2.45) is 0 Å². The summed E-state index contributed by atoms with van der Waals surface area (Å²) < 4.78 is 4.76. The average molecular weight is 284 g/mol. The van der Waals surface area contributed by atoms with Crippen LogP contribution in [0.3, 0.4) is 0 Å². The van der Waals surface area contributed by atoms with Gasteiger partial charge in [0.1, 0.15) is 0 Å². The molecule has 1 amide bonds. The third-order valence-corrected chi connectivity index (χ3v) is 2.86. The van der Waals surface area contributed by atoms with Crippen molar-refractivity contribution in [2.75, 3.05) is 6.61 Å². The highest BCUT2D eigenvalue weighted by Gasteiger charge is 2.11. The Morgan fingerprint density at radius 3 is 2.47 bits per heavy atom. The van der Waals surface area contributed by atoms with Crippen LogP contribution in [0.15, 0.2) is 24.3 Å². The summed E-state index contributed by atoms with van der Waals surface area (Å²) in [6, 6.07) is 7.15. The lowest BCUT2D eigenvalue weighted by Gasteiger charge is -2.14. The minimum atomic E-state index is -0.350. The summed E-state index contributed by atoms with van der Waals surface area (Å²) in [5.41, 5.74) is 0.967. The fourth-order valence-electron chi connectivity index (χ4n) is 1.60. The molecule has 0 heterocycles. The van der Waals surface area contributed by atoms with Crippen LogP contribution in [0.1, 0.15) is 38.3 Å². The number of amides is 1. The van der Waals surface area contributed by atoms with Gasteiger partial charge < -0.3 is 10.1 Å². The van der Waals surface area contributed by atoms with E-state index in [-0.39, 0.29) is 30.8 Å². The number of nitrogens with one attached hydrogen (secondary N) is 1. The predicted molar refractivity (Wildman–Crippen MR) is 73.9 cm³/mol. The molecule has 0 aliphatic rings. The number of carbonyl (C=O) groups excluding carboxylic acids is 2. The molecule has 1 atom stereocenters. The van der Waals surface area contributed by atoms with Gasteiger partial charge in [0, 0.05) is 11.4 Å². The van der Waals surface area contributed by atoms with Crippen molar-refractivity contribution in [2.45, 2.75) is 32.7 Å². The van der Waals surface area contributed by atoms with Crippen molar-refractivity contribution in [3.63, 3.8) is 0 Å². The highest BCUT2D eigenvalue weighted by Crippen LogP contribution is 2.16. The van der Waals surface area contributed by atoms with E-state index in [0.29, 0.717) is 11.6 Å². The molecule has 1 rings (SSSR count).